The molecule has 2 heterocycles. The molecule has 32 heavy (non-hydrogen) atoms. The number of rotatable bonds is 8. The third-order valence-electron chi connectivity index (χ3n) is 5.95. The van der Waals surface area contributed by atoms with Crippen molar-refractivity contribution in [3.8, 4) is 17.1 Å². The van der Waals surface area contributed by atoms with Crippen molar-refractivity contribution >= 4 is 23.4 Å². The van der Waals surface area contributed by atoms with Gasteiger partial charge in [0.15, 0.2) is 11.0 Å². The highest BCUT2D eigenvalue weighted by Gasteiger charge is 2.26. The molecule has 1 aromatic heterocycles. The Morgan fingerprint density at radius 2 is 1.66 bits per heavy atom. The van der Waals surface area contributed by atoms with Crippen molar-refractivity contribution in [3.05, 3.63) is 54.6 Å². The number of aromatic nitrogens is 3. The molecule has 2 aromatic carbocycles. The fourth-order valence-electron chi connectivity index (χ4n) is 4.16. The van der Waals surface area contributed by atoms with Crippen molar-refractivity contribution in [2.75, 3.05) is 31.1 Å². The van der Waals surface area contributed by atoms with Crippen LogP contribution in [0.2, 0.25) is 0 Å². The van der Waals surface area contributed by atoms with E-state index in [1.807, 2.05) is 42.2 Å². The number of likely N-dealkylation sites (tertiary alicyclic amines) is 1. The van der Waals surface area contributed by atoms with Crippen LogP contribution in [-0.4, -0.2) is 57.0 Å². The van der Waals surface area contributed by atoms with Gasteiger partial charge in [0.25, 0.3) is 0 Å². The zero-order valence-corrected chi connectivity index (χ0v) is 19.9. The number of benzene rings is 2. The Hall–Kier alpha value is -2.80. The molecule has 1 aliphatic rings. The largest absolute Gasteiger partial charge is 0.372 e. The molecule has 1 atom stereocenters. The van der Waals surface area contributed by atoms with Crippen molar-refractivity contribution in [1.29, 1.82) is 0 Å². The van der Waals surface area contributed by atoms with E-state index >= 15 is 0 Å². The quantitative estimate of drug-likeness (QED) is 0.459. The third-order valence-corrected chi connectivity index (χ3v) is 6.98. The number of carbonyl (C=O) groups excluding carboxylic acids is 1. The summed E-state index contributed by atoms with van der Waals surface area (Å²) in [7, 11) is 0. The fourth-order valence-corrected chi connectivity index (χ4v) is 5.11. The van der Waals surface area contributed by atoms with Gasteiger partial charge in [-0.3, -0.25) is 9.36 Å². The molecule has 0 bridgehead atoms. The number of thioether (sulfide) groups is 1. The highest BCUT2D eigenvalue weighted by Crippen LogP contribution is 2.32. The molecule has 0 radical (unpaired) electrons. The van der Waals surface area contributed by atoms with Gasteiger partial charge in [-0.05, 0) is 70.0 Å². The van der Waals surface area contributed by atoms with Crippen LogP contribution in [0.15, 0.2) is 59.8 Å². The van der Waals surface area contributed by atoms with Gasteiger partial charge in [-0.15, -0.1) is 10.2 Å². The summed E-state index contributed by atoms with van der Waals surface area (Å²) in [5.74, 6) is 0.964. The Morgan fingerprint density at radius 1 is 1.00 bits per heavy atom. The summed E-state index contributed by atoms with van der Waals surface area (Å²) in [5.41, 5.74) is 3.19. The van der Waals surface area contributed by atoms with Crippen molar-refractivity contribution in [1.82, 2.24) is 19.7 Å². The lowest BCUT2D eigenvalue weighted by molar-refractivity contribution is -0.129. The first-order valence-electron chi connectivity index (χ1n) is 11.4. The number of carbonyl (C=O) groups is 1. The normalized spacial score (nSPS) is 14.5. The first kappa shape index (κ1) is 22.4. The Balaban J connectivity index is 1.66. The lowest BCUT2D eigenvalue weighted by Crippen LogP contribution is -2.34. The average molecular weight is 450 g/mol. The summed E-state index contributed by atoms with van der Waals surface area (Å²) in [6.45, 7) is 9.96. The molecule has 0 N–H and O–H groups in total. The molecule has 7 heteroatoms. The van der Waals surface area contributed by atoms with E-state index in [9.17, 15) is 4.79 Å². The van der Waals surface area contributed by atoms with E-state index in [2.05, 4.69) is 57.8 Å². The minimum absolute atomic E-state index is 0.181. The minimum atomic E-state index is -0.211. The zero-order valence-electron chi connectivity index (χ0n) is 19.1. The molecular formula is C25H31N5OS. The Bertz CT molecular complexity index is 1020. The van der Waals surface area contributed by atoms with E-state index in [1.165, 1.54) is 17.4 Å². The van der Waals surface area contributed by atoms with Gasteiger partial charge in [-0.1, -0.05) is 30.0 Å². The van der Waals surface area contributed by atoms with Gasteiger partial charge < -0.3 is 9.80 Å². The van der Waals surface area contributed by atoms with Crippen molar-refractivity contribution in [2.45, 2.75) is 44.0 Å². The summed E-state index contributed by atoms with van der Waals surface area (Å²) in [6, 6.07) is 18.6. The summed E-state index contributed by atoms with van der Waals surface area (Å²) in [6.07, 6.45) is 2.19. The minimum Gasteiger partial charge on any atom is -0.372 e. The van der Waals surface area contributed by atoms with Gasteiger partial charge in [0, 0.05) is 43.1 Å². The molecule has 1 aliphatic heterocycles. The second kappa shape index (κ2) is 10.2. The van der Waals surface area contributed by atoms with Gasteiger partial charge in [-0.25, -0.2) is 0 Å². The maximum absolute atomic E-state index is 12.9. The molecule has 1 amide bonds. The van der Waals surface area contributed by atoms with Gasteiger partial charge in [0.05, 0.1) is 5.25 Å². The van der Waals surface area contributed by atoms with Crippen molar-refractivity contribution in [2.24, 2.45) is 0 Å². The van der Waals surface area contributed by atoms with E-state index in [0.29, 0.717) is 0 Å². The number of anilines is 1. The van der Waals surface area contributed by atoms with Gasteiger partial charge >= 0.3 is 0 Å². The average Bonchev–Trinajstić information content (AvgIpc) is 3.51. The Morgan fingerprint density at radius 3 is 2.28 bits per heavy atom. The number of hydrogen-bond acceptors (Lipinski definition) is 5. The lowest BCUT2D eigenvalue weighted by atomic mass is 10.1. The van der Waals surface area contributed by atoms with E-state index in [1.54, 1.807) is 0 Å². The van der Waals surface area contributed by atoms with Crippen LogP contribution >= 0.6 is 11.8 Å². The number of nitrogens with zero attached hydrogens (tertiary/aromatic N) is 5. The maximum Gasteiger partial charge on any atom is 0.235 e. The molecule has 6 nitrogen and oxygen atoms in total. The van der Waals surface area contributed by atoms with Crippen LogP contribution in [0.5, 0.6) is 0 Å². The summed E-state index contributed by atoms with van der Waals surface area (Å²) >= 11 is 1.48. The molecule has 0 unspecified atom stereocenters. The first-order valence-corrected chi connectivity index (χ1v) is 12.3. The second-order valence-electron chi connectivity index (χ2n) is 7.99. The number of hydrogen-bond donors (Lipinski definition) is 0. The third kappa shape index (κ3) is 4.67. The van der Waals surface area contributed by atoms with E-state index in [4.69, 9.17) is 0 Å². The van der Waals surface area contributed by atoms with Crippen LogP contribution < -0.4 is 4.90 Å². The van der Waals surface area contributed by atoms with Crippen molar-refractivity contribution in [3.63, 3.8) is 0 Å². The predicted molar refractivity (Wildman–Crippen MR) is 131 cm³/mol. The monoisotopic (exact) mass is 449 g/mol. The number of amides is 1. The van der Waals surface area contributed by atoms with Crippen molar-refractivity contribution < 1.29 is 4.79 Å². The van der Waals surface area contributed by atoms with Crippen LogP contribution in [0.3, 0.4) is 0 Å². The van der Waals surface area contributed by atoms with Gasteiger partial charge in [-0.2, -0.15) is 0 Å². The van der Waals surface area contributed by atoms with Crippen LogP contribution in [-0.2, 0) is 4.79 Å². The van der Waals surface area contributed by atoms with E-state index in [0.717, 1.165) is 61.3 Å². The highest BCUT2D eigenvalue weighted by molar-refractivity contribution is 8.00. The maximum atomic E-state index is 12.9. The van der Waals surface area contributed by atoms with Gasteiger partial charge in [0.2, 0.25) is 5.91 Å². The molecule has 1 fully saturated rings. The van der Waals surface area contributed by atoms with Crippen LogP contribution in [0, 0.1) is 0 Å². The Labute approximate surface area is 194 Å². The molecule has 0 saturated carbocycles. The van der Waals surface area contributed by atoms with Crippen LogP contribution in [0.4, 0.5) is 5.69 Å². The van der Waals surface area contributed by atoms with E-state index < -0.39 is 0 Å². The molecule has 4 rings (SSSR count). The molecule has 1 saturated heterocycles. The smallest absolute Gasteiger partial charge is 0.235 e. The topological polar surface area (TPSA) is 54.3 Å². The summed E-state index contributed by atoms with van der Waals surface area (Å²) in [5, 5.41) is 9.57. The zero-order chi connectivity index (χ0) is 22.5. The highest BCUT2D eigenvalue weighted by atomic mass is 32.2. The lowest BCUT2D eigenvalue weighted by Gasteiger charge is -2.21. The molecule has 0 aliphatic carbocycles. The molecule has 0 spiro atoms. The molecule has 3 aromatic rings. The second-order valence-corrected chi connectivity index (χ2v) is 9.30. The summed E-state index contributed by atoms with van der Waals surface area (Å²) < 4.78 is 2.06. The number of para-hydroxylation sites is 1. The molecule has 168 valence electrons. The SMILES string of the molecule is CCN(CC)c1ccc(-c2nnc(S[C@H](C)C(=O)N3CCCC3)n2-c2ccccc2)cc1. The molecular weight excluding hydrogens is 418 g/mol. The van der Waals surface area contributed by atoms with Gasteiger partial charge in [0.1, 0.15) is 0 Å². The predicted octanol–water partition coefficient (Wildman–Crippen LogP) is 4.88. The first-order chi connectivity index (χ1) is 15.6. The van der Waals surface area contributed by atoms with Crippen LogP contribution in [0.1, 0.15) is 33.6 Å². The Kier molecular flexibility index (Phi) is 7.15. The summed E-state index contributed by atoms with van der Waals surface area (Å²) in [4.78, 5) is 17.2. The fraction of sp³-hybridized carbons (Fsp3) is 0.400. The van der Waals surface area contributed by atoms with E-state index in [-0.39, 0.29) is 11.2 Å². The standard InChI is InChI=1S/C25H31N5OS/c1-4-28(5-2)21-15-13-20(14-16-21)23-26-27-25(30(23)22-11-7-6-8-12-22)32-19(3)24(31)29-17-9-10-18-29/h6-8,11-16,19H,4-5,9-10,17-18H2,1-3H3/t19-/m1/s1. The van der Waals surface area contributed by atoms with Crippen LogP contribution in [0.25, 0.3) is 17.1 Å².